The van der Waals surface area contributed by atoms with Crippen LogP contribution in [-0.4, -0.2) is 23.5 Å². The molecule has 1 aromatic rings. The molecule has 1 rings (SSSR count). The standard InChI is InChI=1S/C18H32N2S/c1-8-9-20(18(5,6)7)13-16-10-17(21-15(16)4)12-19-11-14(2)3/h8,10,14,19H,1,9,11-13H2,2-7H3. The van der Waals surface area contributed by atoms with E-state index in [1.54, 1.807) is 0 Å². The average Bonchev–Trinajstić information content (AvgIpc) is 2.68. The Morgan fingerprint density at radius 1 is 1.38 bits per heavy atom. The molecule has 0 aliphatic carbocycles. The van der Waals surface area contributed by atoms with E-state index in [0.29, 0.717) is 5.92 Å². The van der Waals surface area contributed by atoms with Crippen molar-refractivity contribution in [3.63, 3.8) is 0 Å². The first-order valence-electron chi connectivity index (χ1n) is 7.89. The van der Waals surface area contributed by atoms with Gasteiger partial charge in [-0.2, -0.15) is 0 Å². The maximum Gasteiger partial charge on any atom is 0.0300 e. The Balaban J connectivity index is 2.70. The average molecular weight is 309 g/mol. The molecule has 0 aliphatic heterocycles. The molecule has 120 valence electrons. The second-order valence-corrected chi connectivity index (χ2v) is 8.50. The molecule has 3 heteroatoms. The molecule has 0 radical (unpaired) electrons. The monoisotopic (exact) mass is 308 g/mol. The van der Waals surface area contributed by atoms with Crippen LogP contribution in [-0.2, 0) is 13.1 Å². The number of hydrogen-bond acceptors (Lipinski definition) is 3. The molecule has 0 saturated heterocycles. The van der Waals surface area contributed by atoms with E-state index in [0.717, 1.165) is 26.2 Å². The Kier molecular flexibility index (Phi) is 7.11. The van der Waals surface area contributed by atoms with Crippen LogP contribution in [0.4, 0.5) is 0 Å². The first-order valence-corrected chi connectivity index (χ1v) is 8.70. The fourth-order valence-corrected chi connectivity index (χ4v) is 3.28. The summed E-state index contributed by atoms with van der Waals surface area (Å²) in [5, 5.41) is 3.53. The molecule has 0 bridgehead atoms. The Morgan fingerprint density at radius 2 is 2.05 bits per heavy atom. The Bertz CT molecular complexity index is 441. The third-order valence-electron chi connectivity index (χ3n) is 3.58. The Labute approximate surface area is 135 Å². The van der Waals surface area contributed by atoms with Gasteiger partial charge in [0.05, 0.1) is 0 Å². The van der Waals surface area contributed by atoms with Crippen molar-refractivity contribution in [2.45, 2.75) is 60.2 Å². The Morgan fingerprint density at radius 3 is 2.57 bits per heavy atom. The van der Waals surface area contributed by atoms with Crippen molar-refractivity contribution in [2.75, 3.05) is 13.1 Å². The summed E-state index contributed by atoms with van der Waals surface area (Å²) in [5.74, 6) is 0.703. The first kappa shape index (κ1) is 18.4. The van der Waals surface area contributed by atoms with Gasteiger partial charge in [-0.1, -0.05) is 19.9 Å². The van der Waals surface area contributed by atoms with Crippen molar-refractivity contribution >= 4 is 11.3 Å². The molecular formula is C18H32N2S. The van der Waals surface area contributed by atoms with Crippen LogP contribution in [0.1, 0.15) is 49.9 Å². The van der Waals surface area contributed by atoms with E-state index in [-0.39, 0.29) is 5.54 Å². The van der Waals surface area contributed by atoms with Crippen LogP contribution < -0.4 is 5.32 Å². The number of hydrogen-bond donors (Lipinski definition) is 1. The minimum absolute atomic E-state index is 0.165. The molecule has 0 aromatic carbocycles. The van der Waals surface area contributed by atoms with Gasteiger partial charge in [0.2, 0.25) is 0 Å². The summed E-state index contributed by atoms with van der Waals surface area (Å²) in [6.07, 6.45) is 2.00. The number of thiophene rings is 1. The zero-order valence-corrected chi connectivity index (χ0v) is 15.4. The first-order chi connectivity index (χ1) is 9.74. The SMILES string of the molecule is C=CCN(Cc1cc(CNCC(C)C)sc1C)C(C)(C)C. The smallest absolute Gasteiger partial charge is 0.0300 e. The fraction of sp³-hybridized carbons (Fsp3) is 0.667. The van der Waals surface area contributed by atoms with Crippen LogP contribution >= 0.6 is 11.3 Å². The predicted octanol–water partition coefficient (Wildman–Crippen LogP) is 4.59. The molecule has 0 spiro atoms. The molecule has 0 aliphatic rings. The van der Waals surface area contributed by atoms with Crippen LogP contribution in [0.3, 0.4) is 0 Å². The minimum Gasteiger partial charge on any atom is -0.312 e. The highest BCUT2D eigenvalue weighted by Gasteiger charge is 2.21. The normalized spacial score (nSPS) is 12.4. The van der Waals surface area contributed by atoms with E-state index >= 15 is 0 Å². The maximum absolute atomic E-state index is 3.89. The summed E-state index contributed by atoms with van der Waals surface area (Å²) in [4.78, 5) is 5.35. The van der Waals surface area contributed by atoms with Gasteiger partial charge < -0.3 is 5.32 Å². The van der Waals surface area contributed by atoms with Crippen LogP contribution in [0.15, 0.2) is 18.7 Å². The lowest BCUT2D eigenvalue weighted by atomic mass is 10.0. The topological polar surface area (TPSA) is 15.3 Å². The lowest BCUT2D eigenvalue weighted by Gasteiger charge is -2.34. The van der Waals surface area contributed by atoms with Gasteiger partial charge in [-0.05, 0) is 51.8 Å². The molecule has 21 heavy (non-hydrogen) atoms. The molecule has 0 saturated carbocycles. The van der Waals surface area contributed by atoms with Gasteiger partial charge in [0, 0.05) is 34.9 Å². The quantitative estimate of drug-likeness (QED) is 0.707. The molecule has 1 heterocycles. The maximum atomic E-state index is 3.89. The summed E-state index contributed by atoms with van der Waals surface area (Å²) in [5.41, 5.74) is 1.62. The number of rotatable bonds is 8. The fourth-order valence-electron chi connectivity index (χ4n) is 2.25. The second kappa shape index (κ2) is 8.11. The van der Waals surface area contributed by atoms with Crippen LogP contribution in [0, 0.1) is 12.8 Å². The predicted molar refractivity (Wildman–Crippen MR) is 96.0 cm³/mol. The van der Waals surface area contributed by atoms with Gasteiger partial charge in [0.25, 0.3) is 0 Å². The number of nitrogens with zero attached hydrogens (tertiary/aromatic N) is 1. The largest absolute Gasteiger partial charge is 0.312 e. The highest BCUT2D eigenvalue weighted by Crippen LogP contribution is 2.25. The summed E-state index contributed by atoms with van der Waals surface area (Å²) >= 11 is 1.92. The molecule has 0 fully saturated rings. The van der Waals surface area contributed by atoms with Crippen LogP contribution in [0.25, 0.3) is 0 Å². The van der Waals surface area contributed by atoms with Crippen LogP contribution in [0.5, 0.6) is 0 Å². The summed E-state index contributed by atoms with van der Waals surface area (Å²) in [6, 6.07) is 2.37. The molecular weight excluding hydrogens is 276 g/mol. The molecule has 2 nitrogen and oxygen atoms in total. The lowest BCUT2D eigenvalue weighted by molar-refractivity contribution is 0.145. The molecule has 0 atom stereocenters. The van der Waals surface area contributed by atoms with Crippen molar-refractivity contribution in [3.05, 3.63) is 34.0 Å². The van der Waals surface area contributed by atoms with Crippen molar-refractivity contribution in [3.8, 4) is 0 Å². The van der Waals surface area contributed by atoms with Gasteiger partial charge in [0.1, 0.15) is 0 Å². The zero-order chi connectivity index (χ0) is 16.0. The van der Waals surface area contributed by atoms with Crippen LogP contribution in [0.2, 0.25) is 0 Å². The van der Waals surface area contributed by atoms with E-state index in [2.05, 4.69) is 64.4 Å². The van der Waals surface area contributed by atoms with Gasteiger partial charge in [-0.25, -0.2) is 0 Å². The number of nitrogens with one attached hydrogen (secondary N) is 1. The van der Waals surface area contributed by atoms with Crippen molar-refractivity contribution in [1.82, 2.24) is 10.2 Å². The molecule has 1 aromatic heterocycles. The third kappa shape index (κ3) is 6.33. The van der Waals surface area contributed by atoms with E-state index < -0.39 is 0 Å². The van der Waals surface area contributed by atoms with E-state index in [9.17, 15) is 0 Å². The minimum atomic E-state index is 0.165. The molecule has 0 unspecified atom stereocenters. The Hall–Kier alpha value is -0.640. The molecule has 1 N–H and O–H groups in total. The summed E-state index contributed by atoms with van der Waals surface area (Å²) in [7, 11) is 0. The summed E-state index contributed by atoms with van der Waals surface area (Å²) < 4.78 is 0. The highest BCUT2D eigenvalue weighted by molar-refractivity contribution is 7.12. The number of aryl methyl sites for hydroxylation is 1. The van der Waals surface area contributed by atoms with Gasteiger partial charge in [-0.3, -0.25) is 4.90 Å². The van der Waals surface area contributed by atoms with Gasteiger partial charge >= 0.3 is 0 Å². The second-order valence-electron chi connectivity index (χ2n) is 7.16. The van der Waals surface area contributed by atoms with Crippen molar-refractivity contribution in [2.24, 2.45) is 5.92 Å². The van der Waals surface area contributed by atoms with Crippen molar-refractivity contribution < 1.29 is 0 Å². The highest BCUT2D eigenvalue weighted by atomic mass is 32.1. The lowest BCUT2D eigenvalue weighted by Crippen LogP contribution is -2.40. The third-order valence-corrected chi connectivity index (χ3v) is 4.68. The van der Waals surface area contributed by atoms with Crippen molar-refractivity contribution in [1.29, 1.82) is 0 Å². The molecule has 0 amide bonds. The summed E-state index contributed by atoms with van der Waals surface area (Å²) in [6.45, 7) is 21.4. The van der Waals surface area contributed by atoms with E-state index in [1.165, 1.54) is 15.3 Å². The van der Waals surface area contributed by atoms with E-state index in [1.807, 2.05) is 17.4 Å². The van der Waals surface area contributed by atoms with Gasteiger partial charge in [-0.15, -0.1) is 17.9 Å². The van der Waals surface area contributed by atoms with Gasteiger partial charge in [0.15, 0.2) is 0 Å². The zero-order valence-electron chi connectivity index (χ0n) is 14.6. The van der Waals surface area contributed by atoms with E-state index in [4.69, 9.17) is 0 Å².